The van der Waals surface area contributed by atoms with E-state index >= 15 is 0 Å². The fourth-order valence-corrected chi connectivity index (χ4v) is 2.39. The van der Waals surface area contributed by atoms with E-state index in [-0.39, 0.29) is 17.5 Å². The van der Waals surface area contributed by atoms with Crippen molar-refractivity contribution in [2.24, 2.45) is 0 Å². The van der Waals surface area contributed by atoms with Gasteiger partial charge in [-0.3, -0.25) is 9.59 Å². The van der Waals surface area contributed by atoms with E-state index in [4.69, 9.17) is 0 Å². The van der Waals surface area contributed by atoms with Crippen molar-refractivity contribution in [1.29, 1.82) is 5.26 Å². The molecular formula is C17H20N4O2. The van der Waals surface area contributed by atoms with Crippen LogP contribution in [0.2, 0.25) is 0 Å². The molecule has 6 heteroatoms. The number of nitrogens with zero attached hydrogens (tertiary/aromatic N) is 3. The lowest BCUT2D eigenvalue weighted by molar-refractivity contribution is -0.120. The minimum Gasteiger partial charge on any atom is -0.373 e. The van der Waals surface area contributed by atoms with E-state index in [1.165, 1.54) is 0 Å². The summed E-state index contributed by atoms with van der Waals surface area (Å²) in [5.41, 5.74) is 1.06. The van der Waals surface area contributed by atoms with Gasteiger partial charge in [0.05, 0.1) is 6.04 Å². The fraction of sp³-hybridized carbons (Fsp3) is 0.353. The maximum absolute atomic E-state index is 12.3. The SMILES string of the molecule is CC(NC(=O)/C(C#N)=C\N1CCN(C=O)CC1)c1ccccc1. The maximum atomic E-state index is 12.3. The molecular weight excluding hydrogens is 292 g/mol. The molecule has 2 amide bonds. The molecule has 1 saturated heterocycles. The molecule has 0 bridgehead atoms. The predicted molar refractivity (Wildman–Crippen MR) is 85.9 cm³/mol. The second kappa shape index (κ2) is 7.99. The molecule has 1 aromatic carbocycles. The number of piperazine rings is 1. The fourth-order valence-electron chi connectivity index (χ4n) is 2.39. The number of hydrogen-bond acceptors (Lipinski definition) is 4. The van der Waals surface area contributed by atoms with Crippen molar-refractivity contribution >= 4 is 12.3 Å². The normalized spacial score (nSPS) is 16.4. The third-order valence-electron chi connectivity index (χ3n) is 3.82. The van der Waals surface area contributed by atoms with Gasteiger partial charge in [-0.1, -0.05) is 30.3 Å². The Balaban J connectivity index is 1.97. The number of benzene rings is 1. The summed E-state index contributed by atoms with van der Waals surface area (Å²) in [6, 6.07) is 11.4. The van der Waals surface area contributed by atoms with Crippen molar-refractivity contribution in [3.63, 3.8) is 0 Å². The number of nitrogens with one attached hydrogen (secondary N) is 1. The molecule has 1 unspecified atom stereocenters. The number of carbonyl (C=O) groups excluding carboxylic acids is 2. The largest absolute Gasteiger partial charge is 0.373 e. The van der Waals surface area contributed by atoms with Gasteiger partial charge in [0.2, 0.25) is 6.41 Å². The molecule has 2 rings (SSSR count). The first-order valence-electron chi connectivity index (χ1n) is 7.55. The summed E-state index contributed by atoms with van der Waals surface area (Å²) in [4.78, 5) is 26.5. The number of rotatable bonds is 5. The van der Waals surface area contributed by atoms with Crippen LogP contribution in [0.3, 0.4) is 0 Å². The van der Waals surface area contributed by atoms with Gasteiger partial charge in [-0.2, -0.15) is 5.26 Å². The van der Waals surface area contributed by atoms with Crippen molar-refractivity contribution in [3.05, 3.63) is 47.7 Å². The van der Waals surface area contributed by atoms with Crippen molar-refractivity contribution in [3.8, 4) is 6.07 Å². The van der Waals surface area contributed by atoms with Crippen LogP contribution in [0, 0.1) is 11.3 Å². The van der Waals surface area contributed by atoms with Crippen LogP contribution >= 0.6 is 0 Å². The van der Waals surface area contributed by atoms with Gasteiger partial charge in [0.25, 0.3) is 5.91 Å². The molecule has 1 aromatic rings. The summed E-state index contributed by atoms with van der Waals surface area (Å²) in [7, 11) is 0. The van der Waals surface area contributed by atoms with Gasteiger partial charge in [0.1, 0.15) is 11.6 Å². The van der Waals surface area contributed by atoms with Crippen molar-refractivity contribution in [2.45, 2.75) is 13.0 Å². The van der Waals surface area contributed by atoms with Crippen LogP contribution in [0.5, 0.6) is 0 Å². The van der Waals surface area contributed by atoms with Crippen LogP contribution in [0.15, 0.2) is 42.1 Å². The number of carbonyl (C=O) groups is 2. The highest BCUT2D eigenvalue weighted by atomic mass is 16.2. The van der Waals surface area contributed by atoms with Gasteiger partial charge >= 0.3 is 0 Å². The molecule has 1 aliphatic rings. The number of amides is 2. The zero-order valence-corrected chi connectivity index (χ0v) is 13.1. The first-order chi connectivity index (χ1) is 11.1. The minimum atomic E-state index is -0.387. The number of hydrogen-bond donors (Lipinski definition) is 1. The second-order valence-electron chi connectivity index (χ2n) is 5.44. The van der Waals surface area contributed by atoms with Gasteiger partial charge in [-0.15, -0.1) is 0 Å². The topological polar surface area (TPSA) is 76.4 Å². The lowest BCUT2D eigenvalue weighted by Crippen LogP contribution is -2.43. The molecule has 0 aromatic heterocycles. The lowest BCUT2D eigenvalue weighted by atomic mass is 10.1. The summed E-state index contributed by atoms with van der Waals surface area (Å²) in [6.07, 6.45) is 2.40. The zero-order valence-electron chi connectivity index (χ0n) is 13.1. The minimum absolute atomic E-state index is 0.0762. The smallest absolute Gasteiger partial charge is 0.263 e. The van der Waals surface area contributed by atoms with E-state index < -0.39 is 0 Å². The Morgan fingerprint density at radius 2 is 1.83 bits per heavy atom. The molecule has 23 heavy (non-hydrogen) atoms. The lowest BCUT2D eigenvalue weighted by Gasteiger charge is -2.31. The van der Waals surface area contributed by atoms with Crippen LogP contribution < -0.4 is 5.32 Å². The van der Waals surface area contributed by atoms with Crippen LogP contribution in [0.4, 0.5) is 0 Å². The van der Waals surface area contributed by atoms with E-state index in [9.17, 15) is 14.9 Å². The molecule has 1 heterocycles. The van der Waals surface area contributed by atoms with Crippen molar-refractivity contribution < 1.29 is 9.59 Å². The Kier molecular flexibility index (Phi) is 5.75. The van der Waals surface area contributed by atoms with Gasteiger partial charge < -0.3 is 15.1 Å². The third-order valence-corrected chi connectivity index (χ3v) is 3.82. The van der Waals surface area contributed by atoms with Gasteiger partial charge in [0.15, 0.2) is 0 Å². The molecule has 0 saturated carbocycles. The van der Waals surface area contributed by atoms with Crippen LogP contribution in [0.1, 0.15) is 18.5 Å². The van der Waals surface area contributed by atoms with Crippen LogP contribution in [-0.4, -0.2) is 48.3 Å². The second-order valence-corrected chi connectivity index (χ2v) is 5.44. The Labute approximate surface area is 136 Å². The summed E-state index contributed by atoms with van der Waals surface area (Å²) in [5, 5.41) is 12.1. The first-order valence-corrected chi connectivity index (χ1v) is 7.55. The van der Waals surface area contributed by atoms with E-state index in [2.05, 4.69) is 5.32 Å². The first kappa shape index (κ1) is 16.6. The molecule has 6 nitrogen and oxygen atoms in total. The summed E-state index contributed by atoms with van der Waals surface area (Å²) >= 11 is 0. The zero-order chi connectivity index (χ0) is 16.7. The molecule has 0 spiro atoms. The van der Waals surface area contributed by atoms with E-state index in [1.807, 2.05) is 48.2 Å². The quantitative estimate of drug-likeness (QED) is 0.501. The van der Waals surface area contributed by atoms with Gasteiger partial charge in [0, 0.05) is 32.4 Å². The Bertz CT molecular complexity index is 613. The number of nitriles is 1. The van der Waals surface area contributed by atoms with Gasteiger partial charge in [-0.25, -0.2) is 0 Å². The van der Waals surface area contributed by atoms with E-state index in [1.54, 1.807) is 11.1 Å². The Morgan fingerprint density at radius 3 is 2.39 bits per heavy atom. The third kappa shape index (κ3) is 4.58. The summed E-state index contributed by atoms with van der Waals surface area (Å²) in [6.45, 7) is 4.31. The molecule has 120 valence electrons. The monoisotopic (exact) mass is 312 g/mol. The average Bonchev–Trinajstić information content (AvgIpc) is 2.60. The molecule has 1 aliphatic heterocycles. The molecule has 0 radical (unpaired) electrons. The highest BCUT2D eigenvalue weighted by molar-refractivity contribution is 5.97. The predicted octanol–water partition coefficient (Wildman–Crippen LogP) is 1.05. The Hall–Kier alpha value is -2.81. The molecule has 1 atom stereocenters. The van der Waals surface area contributed by atoms with E-state index in [0.29, 0.717) is 26.2 Å². The summed E-state index contributed by atoms with van der Waals surface area (Å²) in [5.74, 6) is -0.387. The van der Waals surface area contributed by atoms with Gasteiger partial charge in [-0.05, 0) is 12.5 Å². The highest BCUT2D eigenvalue weighted by Gasteiger charge is 2.17. The van der Waals surface area contributed by atoms with E-state index in [0.717, 1.165) is 12.0 Å². The molecule has 0 aliphatic carbocycles. The Morgan fingerprint density at radius 1 is 1.22 bits per heavy atom. The van der Waals surface area contributed by atoms with Crippen LogP contribution in [-0.2, 0) is 9.59 Å². The van der Waals surface area contributed by atoms with Crippen molar-refractivity contribution in [1.82, 2.24) is 15.1 Å². The molecule has 1 N–H and O–H groups in total. The van der Waals surface area contributed by atoms with Crippen LogP contribution in [0.25, 0.3) is 0 Å². The maximum Gasteiger partial charge on any atom is 0.263 e. The standard InChI is InChI=1S/C17H20N4O2/c1-14(15-5-3-2-4-6-15)19-17(23)16(11-18)12-20-7-9-21(13-22)10-8-20/h2-6,12-14H,7-10H2,1H3,(H,19,23)/b16-12-. The highest BCUT2D eigenvalue weighted by Crippen LogP contribution is 2.12. The van der Waals surface area contributed by atoms with Crippen molar-refractivity contribution in [2.75, 3.05) is 26.2 Å². The molecule has 1 fully saturated rings. The average molecular weight is 312 g/mol. The summed E-state index contributed by atoms with van der Waals surface area (Å²) < 4.78 is 0.